The molecule has 100 valence electrons. The average Bonchev–Trinajstić information content (AvgIpc) is 2.31. The Morgan fingerprint density at radius 3 is 2.78 bits per heavy atom. The first kappa shape index (κ1) is 13.3. The Morgan fingerprint density at radius 1 is 1.39 bits per heavy atom. The number of nitrogens with zero attached hydrogens (tertiary/aromatic N) is 1. The van der Waals surface area contributed by atoms with E-state index in [1.807, 2.05) is 12.3 Å². The third-order valence-electron chi connectivity index (χ3n) is 3.51. The first-order valence-corrected chi connectivity index (χ1v) is 7.05. The fourth-order valence-corrected chi connectivity index (χ4v) is 2.03. The van der Waals surface area contributed by atoms with E-state index in [2.05, 4.69) is 30.2 Å². The molecule has 1 aromatic rings. The molecule has 1 aromatic heterocycles. The Labute approximate surface area is 110 Å². The van der Waals surface area contributed by atoms with E-state index >= 15 is 0 Å². The summed E-state index contributed by atoms with van der Waals surface area (Å²) in [5.74, 6) is 1.65. The van der Waals surface area contributed by atoms with Crippen molar-refractivity contribution in [1.29, 1.82) is 0 Å². The van der Waals surface area contributed by atoms with E-state index < -0.39 is 0 Å². The summed E-state index contributed by atoms with van der Waals surface area (Å²) in [7, 11) is 0. The zero-order valence-electron chi connectivity index (χ0n) is 11.5. The van der Waals surface area contributed by atoms with Gasteiger partial charge in [0.15, 0.2) is 0 Å². The summed E-state index contributed by atoms with van der Waals surface area (Å²) in [6, 6.07) is 4.56. The summed E-state index contributed by atoms with van der Waals surface area (Å²) >= 11 is 0. The topological polar surface area (TPSA) is 34.1 Å². The first-order chi connectivity index (χ1) is 8.74. The van der Waals surface area contributed by atoms with Gasteiger partial charge in [-0.2, -0.15) is 0 Å². The van der Waals surface area contributed by atoms with Crippen LogP contribution in [0.15, 0.2) is 18.3 Å². The Balaban J connectivity index is 1.69. The van der Waals surface area contributed by atoms with Crippen LogP contribution in [0.1, 0.15) is 45.1 Å². The zero-order valence-corrected chi connectivity index (χ0v) is 11.5. The number of ether oxygens (including phenoxy) is 1. The molecule has 3 heteroatoms. The number of aromatic nitrogens is 1. The number of nitrogens with one attached hydrogen (secondary N) is 1. The van der Waals surface area contributed by atoms with E-state index in [1.165, 1.54) is 31.2 Å². The molecule has 3 nitrogen and oxygen atoms in total. The van der Waals surface area contributed by atoms with Crippen molar-refractivity contribution in [3.63, 3.8) is 0 Å². The molecule has 0 amide bonds. The molecule has 1 aliphatic rings. The lowest BCUT2D eigenvalue weighted by Crippen LogP contribution is -2.21. The third kappa shape index (κ3) is 4.30. The molecule has 0 spiro atoms. The van der Waals surface area contributed by atoms with E-state index in [0.717, 1.165) is 24.9 Å². The molecule has 0 unspecified atom stereocenters. The Bertz CT molecular complexity index is 344. The summed E-state index contributed by atoms with van der Waals surface area (Å²) in [5.41, 5.74) is 1.20. The molecule has 1 fully saturated rings. The van der Waals surface area contributed by atoms with Crippen molar-refractivity contribution >= 4 is 0 Å². The van der Waals surface area contributed by atoms with Crippen molar-refractivity contribution in [2.24, 2.45) is 5.92 Å². The van der Waals surface area contributed by atoms with Crippen LogP contribution in [0.4, 0.5) is 0 Å². The van der Waals surface area contributed by atoms with Gasteiger partial charge in [0, 0.05) is 24.8 Å². The standard InChI is InChI=1S/C15H24N2O/c1-12(2)16-10-14-6-7-15(17-11-14)18-9-8-13-4-3-5-13/h6-7,11-13,16H,3-5,8-10H2,1-2H3. The van der Waals surface area contributed by atoms with Crippen molar-refractivity contribution < 1.29 is 4.74 Å². The molecular formula is C15H24N2O. The molecule has 0 radical (unpaired) electrons. The molecule has 1 saturated carbocycles. The van der Waals surface area contributed by atoms with Gasteiger partial charge >= 0.3 is 0 Å². The smallest absolute Gasteiger partial charge is 0.213 e. The van der Waals surface area contributed by atoms with Gasteiger partial charge in [0.25, 0.3) is 0 Å². The number of rotatable bonds is 7. The Morgan fingerprint density at radius 2 is 2.22 bits per heavy atom. The van der Waals surface area contributed by atoms with E-state index in [1.54, 1.807) is 0 Å². The number of hydrogen-bond acceptors (Lipinski definition) is 3. The maximum atomic E-state index is 5.66. The van der Waals surface area contributed by atoms with Crippen LogP contribution in [0.2, 0.25) is 0 Å². The molecular weight excluding hydrogens is 224 g/mol. The highest BCUT2D eigenvalue weighted by atomic mass is 16.5. The second-order valence-electron chi connectivity index (χ2n) is 5.47. The molecule has 1 heterocycles. The molecule has 0 bridgehead atoms. The highest BCUT2D eigenvalue weighted by Crippen LogP contribution is 2.29. The molecule has 0 aromatic carbocycles. The molecule has 0 atom stereocenters. The van der Waals surface area contributed by atoms with Gasteiger partial charge in [0.1, 0.15) is 0 Å². The lowest BCUT2D eigenvalue weighted by Gasteiger charge is -2.24. The molecule has 18 heavy (non-hydrogen) atoms. The molecule has 2 rings (SSSR count). The monoisotopic (exact) mass is 248 g/mol. The van der Waals surface area contributed by atoms with Crippen LogP contribution >= 0.6 is 0 Å². The normalized spacial score (nSPS) is 15.7. The molecule has 0 saturated heterocycles. The minimum atomic E-state index is 0.503. The minimum Gasteiger partial charge on any atom is -0.478 e. The fourth-order valence-electron chi connectivity index (χ4n) is 2.03. The summed E-state index contributed by atoms with van der Waals surface area (Å²) in [6.07, 6.45) is 7.25. The van der Waals surface area contributed by atoms with Crippen LogP contribution in [0.3, 0.4) is 0 Å². The van der Waals surface area contributed by atoms with Crippen LogP contribution in [0.25, 0.3) is 0 Å². The largest absolute Gasteiger partial charge is 0.478 e. The maximum Gasteiger partial charge on any atom is 0.213 e. The van der Waals surface area contributed by atoms with Crippen LogP contribution in [0, 0.1) is 5.92 Å². The summed E-state index contributed by atoms with van der Waals surface area (Å²) in [5, 5.41) is 3.37. The highest BCUT2D eigenvalue weighted by Gasteiger charge is 2.16. The fraction of sp³-hybridized carbons (Fsp3) is 0.667. The van der Waals surface area contributed by atoms with E-state index in [4.69, 9.17) is 4.74 Å². The van der Waals surface area contributed by atoms with Gasteiger partial charge in [-0.15, -0.1) is 0 Å². The SMILES string of the molecule is CC(C)NCc1ccc(OCCC2CCC2)nc1. The van der Waals surface area contributed by atoms with E-state index in [0.29, 0.717) is 6.04 Å². The summed E-state index contributed by atoms with van der Waals surface area (Å²) < 4.78 is 5.66. The average molecular weight is 248 g/mol. The summed E-state index contributed by atoms with van der Waals surface area (Å²) in [6.45, 7) is 5.96. The van der Waals surface area contributed by atoms with Gasteiger partial charge in [-0.05, 0) is 17.9 Å². The lowest BCUT2D eigenvalue weighted by atomic mass is 9.83. The second kappa shape index (κ2) is 6.74. The van der Waals surface area contributed by atoms with Crippen LogP contribution in [-0.4, -0.2) is 17.6 Å². The number of pyridine rings is 1. The van der Waals surface area contributed by atoms with Crippen molar-refractivity contribution in [3.05, 3.63) is 23.9 Å². The van der Waals surface area contributed by atoms with Gasteiger partial charge in [0.05, 0.1) is 6.61 Å². The third-order valence-corrected chi connectivity index (χ3v) is 3.51. The van der Waals surface area contributed by atoms with Crippen molar-refractivity contribution in [2.45, 2.75) is 52.1 Å². The van der Waals surface area contributed by atoms with Crippen molar-refractivity contribution in [3.8, 4) is 5.88 Å². The predicted molar refractivity (Wildman–Crippen MR) is 73.7 cm³/mol. The maximum absolute atomic E-state index is 5.66. The molecule has 1 aliphatic carbocycles. The lowest BCUT2D eigenvalue weighted by molar-refractivity contribution is 0.217. The minimum absolute atomic E-state index is 0.503. The van der Waals surface area contributed by atoms with Gasteiger partial charge in [-0.3, -0.25) is 0 Å². The van der Waals surface area contributed by atoms with Crippen LogP contribution in [-0.2, 0) is 6.54 Å². The van der Waals surface area contributed by atoms with Gasteiger partial charge in [-0.25, -0.2) is 4.98 Å². The highest BCUT2D eigenvalue weighted by molar-refractivity contribution is 5.17. The molecule has 0 aliphatic heterocycles. The first-order valence-electron chi connectivity index (χ1n) is 7.05. The van der Waals surface area contributed by atoms with Gasteiger partial charge < -0.3 is 10.1 Å². The number of hydrogen-bond donors (Lipinski definition) is 1. The second-order valence-corrected chi connectivity index (χ2v) is 5.47. The molecule has 1 N–H and O–H groups in total. The van der Waals surface area contributed by atoms with E-state index in [9.17, 15) is 0 Å². The van der Waals surface area contributed by atoms with E-state index in [-0.39, 0.29) is 0 Å². The van der Waals surface area contributed by atoms with Gasteiger partial charge in [0.2, 0.25) is 5.88 Å². The predicted octanol–water partition coefficient (Wildman–Crippen LogP) is 3.15. The zero-order chi connectivity index (χ0) is 12.8. The quantitative estimate of drug-likeness (QED) is 0.805. The van der Waals surface area contributed by atoms with Crippen molar-refractivity contribution in [2.75, 3.05) is 6.61 Å². The Kier molecular flexibility index (Phi) is 5.00. The van der Waals surface area contributed by atoms with Crippen LogP contribution < -0.4 is 10.1 Å². The summed E-state index contributed by atoms with van der Waals surface area (Å²) in [4.78, 5) is 4.34. The Hall–Kier alpha value is -1.09. The van der Waals surface area contributed by atoms with Crippen molar-refractivity contribution in [1.82, 2.24) is 10.3 Å². The van der Waals surface area contributed by atoms with Crippen LogP contribution in [0.5, 0.6) is 5.88 Å². The van der Waals surface area contributed by atoms with Gasteiger partial charge in [-0.1, -0.05) is 39.2 Å².